The third-order valence-electron chi connectivity index (χ3n) is 2.64. The van der Waals surface area contributed by atoms with E-state index in [1.807, 2.05) is 24.3 Å². The number of aromatic nitrogens is 3. The zero-order chi connectivity index (χ0) is 13.8. The summed E-state index contributed by atoms with van der Waals surface area (Å²) in [5.41, 5.74) is -0.0809. The van der Waals surface area contributed by atoms with Gasteiger partial charge in [0.15, 0.2) is 4.60 Å². The summed E-state index contributed by atoms with van der Waals surface area (Å²) in [6, 6.07) is 7.55. The topological polar surface area (TPSA) is 77.0 Å². The quantitative estimate of drug-likeness (QED) is 0.907. The van der Waals surface area contributed by atoms with Crippen molar-refractivity contribution in [2.24, 2.45) is 0 Å². The Labute approximate surface area is 117 Å². The summed E-state index contributed by atoms with van der Waals surface area (Å²) in [5, 5.41) is 3.88. The third-order valence-corrected chi connectivity index (χ3v) is 3.15. The molecule has 1 heterocycles. The van der Waals surface area contributed by atoms with E-state index in [2.05, 4.69) is 26.0 Å². The minimum absolute atomic E-state index is 0.0899. The van der Waals surface area contributed by atoms with Crippen LogP contribution in [0.3, 0.4) is 0 Å². The highest BCUT2D eigenvalue weighted by Crippen LogP contribution is 2.17. The van der Waals surface area contributed by atoms with E-state index in [0.717, 1.165) is 11.3 Å². The third kappa shape index (κ3) is 3.11. The van der Waals surface area contributed by atoms with Gasteiger partial charge in [0.2, 0.25) is 0 Å². The van der Waals surface area contributed by atoms with Gasteiger partial charge in [-0.1, -0.05) is 18.2 Å². The van der Waals surface area contributed by atoms with Gasteiger partial charge in [-0.15, -0.1) is 0 Å². The van der Waals surface area contributed by atoms with Crippen molar-refractivity contribution >= 4 is 15.9 Å². The van der Waals surface area contributed by atoms with Crippen molar-refractivity contribution in [2.75, 3.05) is 7.11 Å². The number of benzene rings is 1. The molecule has 0 aliphatic heterocycles. The van der Waals surface area contributed by atoms with Crippen LogP contribution in [-0.4, -0.2) is 21.9 Å². The molecule has 0 saturated heterocycles. The van der Waals surface area contributed by atoms with E-state index in [0.29, 0.717) is 13.0 Å². The summed E-state index contributed by atoms with van der Waals surface area (Å²) in [5.74, 6) is 0.763. The van der Waals surface area contributed by atoms with Gasteiger partial charge in [-0.2, -0.15) is 5.10 Å². The maximum atomic E-state index is 11.6. The Balaban J connectivity index is 2.21. The highest BCUT2D eigenvalue weighted by atomic mass is 79.9. The SMILES string of the molecule is COc1ccccc1CCn1nc(Br)c(=O)[nH]c1=O. The summed E-state index contributed by atoms with van der Waals surface area (Å²) in [7, 11) is 1.60. The lowest BCUT2D eigenvalue weighted by molar-refractivity contribution is 0.407. The van der Waals surface area contributed by atoms with Crippen LogP contribution in [0.4, 0.5) is 0 Å². The molecule has 1 N–H and O–H groups in total. The maximum Gasteiger partial charge on any atom is 0.344 e. The highest BCUT2D eigenvalue weighted by Gasteiger charge is 2.06. The second-order valence-corrected chi connectivity index (χ2v) is 4.59. The van der Waals surface area contributed by atoms with Crippen LogP contribution in [0.15, 0.2) is 38.5 Å². The van der Waals surface area contributed by atoms with Crippen molar-refractivity contribution in [2.45, 2.75) is 13.0 Å². The number of methoxy groups -OCH3 is 1. The van der Waals surface area contributed by atoms with Gasteiger partial charge in [0.05, 0.1) is 13.7 Å². The van der Waals surface area contributed by atoms with Gasteiger partial charge in [-0.25, -0.2) is 9.48 Å². The van der Waals surface area contributed by atoms with E-state index in [1.165, 1.54) is 4.68 Å². The van der Waals surface area contributed by atoms with E-state index in [-0.39, 0.29) is 4.60 Å². The number of hydrogen-bond acceptors (Lipinski definition) is 4. The lowest BCUT2D eigenvalue weighted by Crippen LogP contribution is -2.33. The van der Waals surface area contributed by atoms with E-state index < -0.39 is 11.2 Å². The molecule has 6 nitrogen and oxygen atoms in total. The molecule has 100 valence electrons. The molecule has 0 atom stereocenters. The molecule has 1 aromatic carbocycles. The number of aromatic amines is 1. The van der Waals surface area contributed by atoms with E-state index in [1.54, 1.807) is 7.11 Å². The molecule has 0 amide bonds. The van der Waals surface area contributed by atoms with Gasteiger partial charge >= 0.3 is 5.69 Å². The molecule has 0 aliphatic carbocycles. The first kappa shape index (κ1) is 13.5. The standard InChI is InChI=1S/C12H12BrN3O3/c1-19-9-5-3-2-4-8(9)6-7-16-12(18)14-11(17)10(13)15-16/h2-5H,6-7H2,1H3,(H,14,17,18). The van der Waals surface area contributed by atoms with Gasteiger partial charge in [0, 0.05) is 0 Å². The first-order valence-corrected chi connectivity index (χ1v) is 6.40. The van der Waals surface area contributed by atoms with Crippen LogP contribution in [0.5, 0.6) is 5.75 Å². The van der Waals surface area contributed by atoms with E-state index in [4.69, 9.17) is 4.74 Å². The number of nitrogens with one attached hydrogen (secondary N) is 1. The first-order valence-electron chi connectivity index (χ1n) is 5.60. The van der Waals surface area contributed by atoms with Crippen LogP contribution in [-0.2, 0) is 13.0 Å². The number of halogens is 1. The van der Waals surface area contributed by atoms with Gasteiger partial charge in [-0.3, -0.25) is 9.78 Å². The average Bonchev–Trinajstić information content (AvgIpc) is 2.41. The van der Waals surface area contributed by atoms with Crippen LogP contribution in [0.25, 0.3) is 0 Å². The molecular formula is C12H12BrN3O3. The van der Waals surface area contributed by atoms with Gasteiger partial charge in [0.1, 0.15) is 5.75 Å². The molecule has 0 bridgehead atoms. The van der Waals surface area contributed by atoms with Crippen molar-refractivity contribution < 1.29 is 4.74 Å². The Bertz CT molecular complexity index is 693. The maximum absolute atomic E-state index is 11.6. The molecule has 0 fully saturated rings. The Morgan fingerprint density at radius 1 is 1.37 bits per heavy atom. The molecule has 7 heteroatoms. The molecule has 0 spiro atoms. The molecule has 0 aliphatic rings. The summed E-state index contributed by atoms with van der Waals surface area (Å²) < 4.78 is 6.53. The fourth-order valence-electron chi connectivity index (χ4n) is 1.70. The van der Waals surface area contributed by atoms with Crippen LogP contribution in [0.1, 0.15) is 5.56 Å². The molecule has 19 heavy (non-hydrogen) atoms. The Kier molecular flexibility index (Phi) is 4.16. The number of nitrogens with zero attached hydrogens (tertiary/aromatic N) is 2. The van der Waals surface area contributed by atoms with Gasteiger partial charge in [-0.05, 0) is 34.0 Å². The number of para-hydroxylation sites is 1. The number of rotatable bonds is 4. The van der Waals surface area contributed by atoms with Crippen LogP contribution >= 0.6 is 15.9 Å². The van der Waals surface area contributed by atoms with Crippen molar-refractivity contribution in [1.29, 1.82) is 0 Å². The minimum atomic E-state index is -0.529. The van der Waals surface area contributed by atoms with Gasteiger partial charge < -0.3 is 4.74 Å². The molecular weight excluding hydrogens is 314 g/mol. The second kappa shape index (κ2) is 5.83. The molecule has 0 radical (unpaired) electrons. The lowest BCUT2D eigenvalue weighted by Gasteiger charge is -2.08. The normalized spacial score (nSPS) is 10.4. The van der Waals surface area contributed by atoms with Crippen molar-refractivity contribution in [1.82, 2.24) is 14.8 Å². The number of H-pyrrole nitrogens is 1. The second-order valence-electron chi connectivity index (χ2n) is 3.84. The predicted molar refractivity (Wildman–Crippen MR) is 73.5 cm³/mol. The summed E-state index contributed by atoms with van der Waals surface area (Å²) in [6.07, 6.45) is 0.579. The minimum Gasteiger partial charge on any atom is -0.496 e. The lowest BCUT2D eigenvalue weighted by atomic mass is 10.1. The molecule has 2 aromatic rings. The molecule has 2 rings (SSSR count). The van der Waals surface area contributed by atoms with E-state index >= 15 is 0 Å². The number of hydrogen-bond donors (Lipinski definition) is 1. The van der Waals surface area contributed by atoms with E-state index in [9.17, 15) is 9.59 Å². The zero-order valence-corrected chi connectivity index (χ0v) is 11.8. The smallest absolute Gasteiger partial charge is 0.344 e. The monoisotopic (exact) mass is 325 g/mol. The fourth-order valence-corrected chi connectivity index (χ4v) is 1.99. The fraction of sp³-hybridized carbons (Fsp3) is 0.250. The Hall–Kier alpha value is -1.89. The average molecular weight is 326 g/mol. The van der Waals surface area contributed by atoms with Gasteiger partial charge in [0.25, 0.3) is 5.56 Å². The van der Waals surface area contributed by atoms with Crippen LogP contribution in [0.2, 0.25) is 0 Å². The van der Waals surface area contributed by atoms with Crippen molar-refractivity contribution in [3.8, 4) is 5.75 Å². The first-order chi connectivity index (χ1) is 9.11. The highest BCUT2D eigenvalue weighted by molar-refractivity contribution is 9.10. The number of aryl methyl sites for hydroxylation is 2. The predicted octanol–water partition coefficient (Wildman–Crippen LogP) is 0.945. The van der Waals surface area contributed by atoms with Crippen LogP contribution in [0, 0.1) is 0 Å². The van der Waals surface area contributed by atoms with Crippen molar-refractivity contribution in [3.05, 3.63) is 55.3 Å². The van der Waals surface area contributed by atoms with Crippen molar-refractivity contribution in [3.63, 3.8) is 0 Å². The molecule has 0 saturated carbocycles. The molecule has 0 unspecified atom stereocenters. The summed E-state index contributed by atoms with van der Waals surface area (Å²) >= 11 is 3.00. The Morgan fingerprint density at radius 3 is 2.84 bits per heavy atom. The summed E-state index contributed by atoms with van der Waals surface area (Å²) in [4.78, 5) is 24.9. The zero-order valence-electron chi connectivity index (χ0n) is 10.2. The largest absolute Gasteiger partial charge is 0.496 e. The summed E-state index contributed by atoms with van der Waals surface area (Å²) in [6.45, 7) is 0.356. The number of ether oxygens (including phenoxy) is 1. The molecule has 1 aromatic heterocycles. The Morgan fingerprint density at radius 2 is 2.11 bits per heavy atom. The van der Waals surface area contributed by atoms with Crippen LogP contribution < -0.4 is 16.0 Å².